The largest absolute Gasteiger partial charge is 0.341 e. The molecule has 1 N–H and O–H groups in total. The second-order valence-corrected chi connectivity index (χ2v) is 5.17. The van der Waals surface area contributed by atoms with Crippen LogP contribution in [0.2, 0.25) is 0 Å². The molecule has 2 rings (SSSR count). The van der Waals surface area contributed by atoms with Crippen molar-refractivity contribution in [3.8, 4) is 11.4 Å². The summed E-state index contributed by atoms with van der Waals surface area (Å²) in [5, 5.41) is 4.54. The predicted octanol–water partition coefficient (Wildman–Crippen LogP) is 3.44. The van der Waals surface area contributed by atoms with Crippen LogP contribution in [0.4, 0.5) is 0 Å². The van der Waals surface area contributed by atoms with E-state index in [-0.39, 0.29) is 5.41 Å². The van der Waals surface area contributed by atoms with E-state index in [0.29, 0.717) is 0 Å². The molecule has 0 aromatic carbocycles. The number of nitrogens with one attached hydrogen (secondary N) is 1. The minimum absolute atomic E-state index is 0.0745. The fraction of sp³-hybridized carbons (Fsp3) is 0.571. The number of H-pyrrole nitrogens is 1. The quantitative estimate of drug-likeness (QED) is 0.840. The predicted molar refractivity (Wildman–Crippen MR) is 75.6 cm³/mol. The van der Waals surface area contributed by atoms with E-state index >= 15 is 0 Å². The Hall–Kier alpha value is -1.58. The molecular weight excluding hydrogens is 224 g/mol. The van der Waals surface area contributed by atoms with Gasteiger partial charge in [-0.1, -0.05) is 34.6 Å². The molecule has 2 aromatic rings. The highest BCUT2D eigenvalue weighted by Crippen LogP contribution is 2.25. The first-order valence-electron chi connectivity index (χ1n) is 6.44. The third-order valence-electron chi connectivity index (χ3n) is 2.63. The summed E-state index contributed by atoms with van der Waals surface area (Å²) in [5.74, 6) is 0.925. The molecule has 100 valence electrons. The summed E-state index contributed by atoms with van der Waals surface area (Å²) in [7, 11) is 1.96. The Balaban J connectivity index is 0.000000771. The van der Waals surface area contributed by atoms with Crippen LogP contribution >= 0.6 is 0 Å². The van der Waals surface area contributed by atoms with Crippen molar-refractivity contribution in [1.82, 2.24) is 19.7 Å². The SMILES string of the molecule is CC.Cc1ncc(-c2cc(C(C)(C)C)nn2C)[nH]1. The maximum atomic E-state index is 4.54. The molecule has 0 aliphatic heterocycles. The van der Waals surface area contributed by atoms with Gasteiger partial charge in [-0.15, -0.1) is 0 Å². The molecule has 0 saturated heterocycles. The van der Waals surface area contributed by atoms with Gasteiger partial charge in [0.2, 0.25) is 0 Å². The monoisotopic (exact) mass is 248 g/mol. The van der Waals surface area contributed by atoms with E-state index in [4.69, 9.17) is 0 Å². The van der Waals surface area contributed by atoms with Crippen LogP contribution in [0.5, 0.6) is 0 Å². The van der Waals surface area contributed by atoms with Crippen molar-refractivity contribution in [2.24, 2.45) is 7.05 Å². The zero-order valence-electron chi connectivity index (χ0n) is 12.5. The maximum Gasteiger partial charge on any atom is 0.103 e. The molecule has 0 aliphatic carbocycles. The van der Waals surface area contributed by atoms with Crippen LogP contribution in [0.25, 0.3) is 11.4 Å². The molecule has 2 heterocycles. The number of nitrogens with zero attached hydrogens (tertiary/aromatic N) is 3. The number of aromatic nitrogens is 4. The molecule has 2 aromatic heterocycles. The Morgan fingerprint density at radius 3 is 2.22 bits per heavy atom. The highest BCUT2D eigenvalue weighted by molar-refractivity contribution is 5.54. The molecular formula is C14H24N4. The van der Waals surface area contributed by atoms with Crippen molar-refractivity contribution in [2.45, 2.75) is 47.0 Å². The van der Waals surface area contributed by atoms with Crippen molar-refractivity contribution in [1.29, 1.82) is 0 Å². The standard InChI is InChI=1S/C12H18N4.C2H6/c1-8-13-7-9(14-8)10-6-11(12(2,3)4)15-16(10)5;1-2/h6-7H,1-5H3,(H,13,14);1-2H3. The van der Waals surface area contributed by atoms with Gasteiger partial charge in [0.05, 0.1) is 23.3 Å². The first-order valence-corrected chi connectivity index (χ1v) is 6.44. The lowest BCUT2D eigenvalue weighted by Gasteiger charge is -2.13. The van der Waals surface area contributed by atoms with E-state index in [2.05, 4.69) is 41.9 Å². The summed E-state index contributed by atoms with van der Waals surface area (Å²) in [5.41, 5.74) is 3.26. The smallest absolute Gasteiger partial charge is 0.103 e. The molecule has 0 fully saturated rings. The van der Waals surface area contributed by atoms with Gasteiger partial charge in [-0.25, -0.2) is 4.98 Å². The lowest BCUT2D eigenvalue weighted by Crippen LogP contribution is -2.12. The molecule has 0 spiro atoms. The van der Waals surface area contributed by atoms with Gasteiger partial charge < -0.3 is 4.98 Å². The van der Waals surface area contributed by atoms with Gasteiger partial charge >= 0.3 is 0 Å². The highest BCUT2D eigenvalue weighted by Gasteiger charge is 2.19. The van der Waals surface area contributed by atoms with Crippen LogP contribution in [-0.4, -0.2) is 19.7 Å². The van der Waals surface area contributed by atoms with Gasteiger partial charge in [0.1, 0.15) is 5.82 Å². The van der Waals surface area contributed by atoms with Gasteiger partial charge in [0.15, 0.2) is 0 Å². The number of rotatable bonds is 1. The Labute approximate surface area is 109 Å². The van der Waals surface area contributed by atoms with Crippen molar-refractivity contribution < 1.29 is 0 Å². The second kappa shape index (κ2) is 5.38. The molecule has 0 aliphatic rings. The molecule has 0 radical (unpaired) electrons. The van der Waals surface area contributed by atoms with Crippen LogP contribution in [0.3, 0.4) is 0 Å². The van der Waals surface area contributed by atoms with E-state index < -0.39 is 0 Å². The summed E-state index contributed by atoms with van der Waals surface area (Å²) in [4.78, 5) is 7.43. The Bertz CT molecular complexity index is 500. The second-order valence-electron chi connectivity index (χ2n) is 5.17. The Kier molecular flexibility index (Phi) is 4.33. The van der Waals surface area contributed by atoms with Gasteiger partial charge in [0.25, 0.3) is 0 Å². The molecule has 0 saturated carbocycles. The third-order valence-corrected chi connectivity index (χ3v) is 2.63. The van der Waals surface area contributed by atoms with Gasteiger partial charge in [-0.2, -0.15) is 5.10 Å². The first kappa shape index (κ1) is 14.5. The Morgan fingerprint density at radius 1 is 1.22 bits per heavy atom. The van der Waals surface area contributed by atoms with E-state index in [0.717, 1.165) is 22.9 Å². The third kappa shape index (κ3) is 3.00. The summed E-state index contributed by atoms with van der Waals surface area (Å²) in [6.07, 6.45) is 1.85. The highest BCUT2D eigenvalue weighted by atomic mass is 15.3. The topological polar surface area (TPSA) is 46.5 Å². The number of aryl methyl sites for hydroxylation is 2. The number of aromatic amines is 1. The molecule has 0 unspecified atom stereocenters. The molecule has 0 bridgehead atoms. The van der Waals surface area contributed by atoms with E-state index in [1.807, 2.05) is 38.7 Å². The minimum atomic E-state index is 0.0745. The van der Waals surface area contributed by atoms with E-state index in [1.165, 1.54) is 0 Å². The zero-order valence-corrected chi connectivity index (χ0v) is 12.5. The van der Waals surface area contributed by atoms with Crippen LogP contribution in [0.15, 0.2) is 12.3 Å². The number of imidazole rings is 1. The average molecular weight is 248 g/mol. The fourth-order valence-corrected chi connectivity index (χ4v) is 1.64. The van der Waals surface area contributed by atoms with Crippen LogP contribution in [-0.2, 0) is 12.5 Å². The summed E-state index contributed by atoms with van der Waals surface area (Å²) in [6, 6.07) is 2.12. The molecule has 4 nitrogen and oxygen atoms in total. The van der Waals surface area contributed by atoms with Crippen LogP contribution in [0, 0.1) is 6.92 Å². The van der Waals surface area contributed by atoms with Crippen molar-refractivity contribution in [2.75, 3.05) is 0 Å². The molecule has 0 amide bonds. The number of hydrogen-bond donors (Lipinski definition) is 1. The summed E-state index contributed by atoms with van der Waals surface area (Å²) in [6.45, 7) is 12.4. The Morgan fingerprint density at radius 2 is 1.83 bits per heavy atom. The molecule has 0 atom stereocenters. The minimum Gasteiger partial charge on any atom is -0.341 e. The van der Waals surface area contributed by atoms with E-state index in [9.17, 15) is 0 Å². The average Bonchev–Trinajstić information content (AvgIpc) is 2.86. The van der Waals surface area contributed by atoms with Crippen molar-refractivity contribution in [3.63, 3.8) is 0 Å². The van der Waals surface area contributed by atoms with Crippen LogP contribution < -0.4 is 0 Å². The summed E-state index contributed by atoms with van der Waals surface area (Å²) >= 11 is 0. The van der Waals surface area contributed by atoms with Gasteiger partial charge in [0, 0.05) is 12.5 Å². The van der Waals surface area contributed by atoms with Crippen molar-refractivity contribution >= 4 is 0 Å². The zero-order chi connectivity index (χ0) is 13.9. The molecule has 4 heteroatoms. The van der Waals surface area contributed by atoms with Crippen molar-refractivity contribution in [3.05, 3.63) is 23.8 Å². The lowest BCUT2D eigenvalue weighted by molar-refractivity contribution is 0.553. The fourth-order valence-electron chi connectivity index (χ4n) is 1.64. The van der Waals surface area contributed by atoms with Gasteiger partial charge in [-0.05, 0) is 13.0 Å². The van der Waals surface area contributed by atoms with Gasteiger partial charge in [-0.3, -0.25) is 4.68 Å². The molecule has 18 heavy (non-hydrogen) atoms. The summed E-state index contributed by atoms with van der Waals surface area (Å²) < 4.78 is 1.90. The normalized spacial score (nSPS) is 11.1. The lowest BCUT2D eigenvalue weighted by atomic mass is 9.92. The van der Waals surface area contributed by atoms with Crippen LogP contribution in [0.1, 0.15) is 46.1 Å². The van der Waals surface area contributed by atoms with E-state index in [1.54, 1.807) is 0 Å². The first-order chi connectivity index (χ1) is 8.38. The maximum absolute atomic E-state index is 4.54. The number of hydrogen-bond acceptors (Lipinski definition) is 2.